The number of nitrogens with two attached hydrogens (primary N) is 1. The molecule has 108 valence electrons. The SMILES string of the molecule is NCc1nc(-c2nc(-c3cc(F)c(F)c(F)c3)no2)cs1. The average molecular weight is 312 g/mol. The van der Waals surface area contributed by atoms with Crippen LogP contribution in [-0.4, -0.2) is 15.1 Å². The first-order valence-corrected chi connectivity index (χ1v) is 6.60. The quantitative estimate of drug-likeness (QED) is 0.752. The molecule has 2 heterocycles. The van der Waals surface area contributed by atoms with Crippen molar-refractivity contribution in [2.24, 2.45) is 5.73 Å². The standard InChI is InChI=1S/C12H7F3N4OS/c13-6-1-5(2-7(14)10(6)15)11-18-12(20-19-11)8-4-21-9(3-16)17-8/h1-2,4H,3,16H2. The summed E-state index contributed by atoms with van der Waals surface area (Å²) in [6.07, 6.45) is 0. The fraction of sp³-hybridized carbons (Fsp3) is 0.0833. The zero-order valence-electron chi connectivity index (χ0n) is 10.3. The summed E-state index contributed by atoms with van der Waals surface area (Å²) in [6.45, 7) is 0.278. The van der Waals surface area contributed by atoms with Gasteiger partial charge in [-0.1, -0.05) is 5.16 Å². The molecule has 0 spiro atoms. The number of nitrogens with zero attached hydrogens (tertiary/aromatic N) is 3. The van der Waals surface area contributed by atoms with Gasteiger partial charge in [-0.3, -0.25) is 0 Å². The molecule has 0 amide bonds. The van der Waals surface area contributed by atoms with Gasteiger partial charge in [0.15, 0.2) is 17.5 Å². The van der Waals surface area contributed by atoms with Crippen LogP contribution in [0.3, 0.4) is 0 Å². The first-order valence-electron chi connectivity index (χ1n) is 5.72. The molecule has 2 aromatic heterocycles. The van der Waals surface area contributed by atoms with E-state index in [-0.39, 0.29) is 23.8 Å². The normalized spacial score (nSPS) is 11.0. The number of halogens is 3. The third kappa shape index (κ3) is 2.52. The average Bonchev–Trinajstić information content (AvgIpc) is 3.12. The molecule has 0 aliphatic rings. The number of hydrogen-bond donors (Lipinski definition) is 1. The monoisotopic (exact) mass is 312 g/mol. The van der Waals surface area contributed by atoms with Gasteiger partial charge in [0.2, 0.25) is 5.82 Å². The summed E-state index contributed by atoms with van der Waals surface area (Å²) >= 11 is 1.32. The molecule has 0 aliphatic carbocycles. The van der Waals surface area contributed by atoms with Crippen LogP contribution in [0.2, 0.25) is 0 Å². The van der Waals surface area contributed by atoms with E-state index < -0.39 is 17.5 Å². The highest BCUT2D eigenvalue weighted by Crippen LogP contribution is 2.25. The molecule has 3 rings (SSSR count). The number of benzene rings is 1. The van der Waals surface area contributed by atoms with Gasteiger partial charge < -0.3 is 10.3 Å². The van der Waals surface area contributed by atoms with Crippen LogP contribution in [0.5, 0.6) is 0 Å². The Morgan fingerprint density at radius 1 is 1.14 bits per heavy atom. The van der Waals surface area contributed by atoms with Crippen LogP contribution in [0.15, 0.2) is 22.0 Å². The zero-order valence-corrected chi connectivity index (χ0v) is 11.1. The van der Waals surface area contributed by atoms with E-state index in [1.165, 1.54) is 11.3 Å². The Bertz CT molecular complexity index is 778. The van der Waals surface area contributed by atoms with Crippen molar-refractivity contribution in [3.8, 4) is 23.0 Å². The van der Waals surface area contributed by atoms with Crippen molar-refractivity contribution in [2.75, 3.05) is 0 Å². The Morgan fingerprint density at radius 2 is 1.86 bits per heavy atom. The van der Waals surface area contributed by atoms with E-state index in [9.17, 15) is 13.2 Å². The molecule has 1 aromatic carbocycles. The van der Waals surface area contributed by atoms with Gasteiger partial charge in [0.1, 0.15) is 10.7 Å². The van der Waals surface area contributed by atoms with Crippen molar-refractivity contribution < 1.29 is 17.7 Å². The summed E-state index contributed by atoms with van der Waals surface area (Å²) in [5.74, 6) is -4.17. The maximum atomic E-state index is 13.2. The summed E-state index contributed by atoms with van der Waals surface area (Å²) in [4.78, 5) is 8.12. The van der Waals surface area contributed by atoms with Crippen molar-refractivity contribution in [3.05, 3.63) is 40.0 Å². The summed E-state index contributed by atoms with van der Waals surface area (Å²) in [6, 6.07) is 1.58. The number of thiazole rings is 1. The predicted octanol–water partition coefficient (Wildman–Crippen LogP) is 2.74. The minimum absolute atomic E-state index is 0.0318. The van der Waals surface area contributed by atoms with Crippen LogP contribution < -0.4 is 5.73 Å². The van der Waals surface area contributed by atoms with Crippen LogP contribution >= 0.6 is 11.3 Å². The summed E-state index contributed by atoms with van der Waals surface area (Å²) in [5, 5.41) is 5.96. The highest BCUT2D eigenvalue weighted by atomic mass is 32.1. The third-order valence-corrected chi connectivity index (χ3v) is 3.48. The van der Waals surface area contributed by atoms with Gasteiger partial charge >= 0.3 is 0 Å². The van der Waals surface area contributed by atoms with Crippen molar-refractivity contribution >= 4 is 11.3 Å². The lowest BCUT2D eigenvalue weighted by Crippen LogP contribution is -1.94. The molecule has 3 aromatic rings. The highest BCUT2D eigenvalue weighted by molar-refractivity contribution is 7.09. The van der Waals surface area contributed by atoms with Gasteiger partial charge in [-0.15, -0.1) is 11.3 Å². The lowest BCUT2D eigenvalue weighted by Gasteiger charge is -1.97. The topological polar surface area (TPSA) is 77.8 Å². The first kappa shape index (κ1) is 13.7. The van der Waals surface area contributed by atoms with Crippen molar-refractivity contribution in [2.45, 2.75) is 6.54 Å². The molecule has 2 N–H and O–H groups in total. The van der Waals surface area contributed by atoms with E-state index in [4.69, 9.17) is 10.3 Å². The molecule has 5 nitrogen and oxygen atoms in total. The highest BCUT2D eigenvalue weighted by Gasteiger charge is 2.17. The summed E-state index contributed by atoms with van der Waals surface area (Å²) in [7, 11) is 0. The molecule has 0 unspecified atom stereocenters. The lowest BCUT2D eigenvalue weighted by molar-refractivity contribution is 0.430. The second-order valence-electron chi connectivity index (χ2n) is 4.01. The van der Waals surface area contributed by atoms with Crippen LogP contribution in [0, 0.1) is 17.5 Å². The second-order valence-corrected chi connectivity index (χ2v) is 4.95. The molecule has 9 heteroatoms. The second kappa shape index (κ2) is 5.26. The molecule has 0 saturated heterocycles. The van der Waals surface area contributed by atoms with E-state index in [2.05, 4.69) is 15.1 Å². The lowest BCUT2D eigenvalue weighted by atomic mass is 10.2. The van der Waals surface area contributed by atoms with Gasteiger partial charge in [0, 0.05) is 17.5 Å². The van der Waals surface area contributed by atoms with E-state index in [1.54, 1.807) is 5.38 Å². The van der Waals surface area contributed by atoms with Crippen molar-refractivity contribution in [1.29, 1.82) is 0 Å². The Hall–Kier alpha value is -2.26. The molecule has 0 aliphatic heterocycles. The predicted molar refractivity (Wildman–Crippen MR) is 68.6 cm³/mol. The maximum Gasteiger partial charge on any atom is 0.277 e. The first-order chi connectivity index (χ1) is 10.1. The molecule has 21 heavy (non-hydrogen) atoms. The molecule has 0 radical (unpaired) electrons. The minimum atomic E-state index is -1.55. The Balaban J connectivity index is 1.98. The number of aromatic nitrogens is 3. The largest absolute Gasteiger partial charge is 0.332 e. The molecule has 0 saturated carbocycles. The maximum absolute atomic E-state index is 13.2. The van der Waals surface area contributed by atoms with Crippen LogP contribution in [0.25, 0.3) is 23.0 Å². The van der Waals surface area contributed by atoms with Crippen molar-refractivity contribution in [3.63, 3.8) is 0 Å². The fourth-order valence-corrected chi connectivity index (χ4v) is 2.28. The van der Waals surface area contributed by atoms with Crippen LogP contribution in [-0.2, 0) is 6.54 Å². The molecule has 0 bridgehead atoms. The minimum Gasteiger partial charge on any atom is -0.332 e. The molecular weight excluding hydrogens is 305 g/mol. The van der Waals surface area contributed by atoms with Gasteiger partial charge in [-0.25, -0.2) is 18.2 Å². The molecule has 0 atom stereocenters. The van der Waals surface area contributed by atoms with E-state index in [0.717, 1.165) is 12.1 Å². The van der Waals surface area contributed by atoms with Gasteiger partial charge in [0.05, 0.1) is 0 Å². The Labute approximate surface area is 120 Å². The van der Waals surface area contributed by atoms with E-state index in [0.29, 0.717) is 10.7 Å². The fourth-order valence-electron chi connectivity index (χ4n) is 1.63. The number of hydrogen-bond acceptors (Lipinski definition) is 6. The van der Waals surface area contributed by atoms with E-state index in [1.807, 2.05) is 0 Å². The van der Waals surface area contributed by atoms with Gasteiger partial charge in [-0.2, -0.15) is 4.98 Å². The third-order valence-electron chi connectivity index (χ3n) is 2.61. The Morgan fingerprint density at radius 3 is 2.48 bits per heavy atom. The van der Waals surface area contributed by atoms with Crippen LogP contribution in [0.1, 0.15) is 5.01 Å². The van der Waals surface area contributed by atoms with Gasteiger partial charge in [0.25, 0.3) is 5.89 Å². The summed E-state index contributed by atoms with van der Waals surface area (Å²) < 4.78 is 44.2. The number of rotatable bonds is 3. The van der Waals surface area contributed by atoms with Crippen LogP contribution in [0.4, 0.5) is 13.2 Å². The Kier molecular flexibility index (Phi) is 3.43. The van der Waals surface area contributed by atoms with E-state index >= 15 is 0 Å². The van der Waals surface area contributed by atoms with Gasteiger partial charge in [-0.05, 0) is 12.1 Å². The molecule has 0 fully saturated rings. The summed E-state index contributed by atoms with van der Waals surface area (Å²) in [5.41, 5.74) is 5.83. The molecular formula is C12H7F3N4OS. The van der Waals surface area contributed by atoms with Crippen molar-refractivity contribution in [1.82, 2.24) is 15.1 Å². The smallest absolute Gasteiger partial charge is 0.277 e. The zero-order chi connectivity index (χ0) is 15.0.